The summed E-state index contributed by atoms with van der Waals surface area (Å²) in [5.41, 5.74) is 2.24. The number of nitrogens with zero attached hydrogens (tertiary/aromatic N) is 1. The minimum absolute atomic E-state index is 0.126. The molecule has 0 aliphatic rings. The molecule has 0 fully saturated rings. The molecule has 3 heteroatoms. The van der Waals surface area contributed by atoms with Gasteiger partial charge in [-0.1, -0.05) is 57.2 Å². The van der Waals surface area contributed by atoms with Gasteiger partial charge in [0.2, 0.25) is 0 Å². The molecular formula is C17H19NO2. The highest BCUT2D eigenvalue weighted by Gasteiger charge is 2.25. The Balaban J connectivity index is 2.60. The van der Waals surface area contributed by atoms with Crippen LogP contribution in [-0.4, -0.2) is 11.2 Å². The summed E-state index contributed by atoms with van der Waals surface area (Å²) >= 11 is 0. The van der Waals surface area contributed by atoms with E-state index in [-0.39, 0.29) is 5.41 Å². The van der Waals surface area contributed by atoms with Crippen LogP contribution in [0.1, 0.15) is 26.3 Å². The lowest BCUT2D eigenvalue weighted by Gasteiger charge is -2.28. The number of carboxylic acid groups (broad SMARTS) is 1. The molecule has 0 atom stereocenters. The average molecular weight is 269 g/mol. The van der Waals surface area contributed by atoms with Gasteiger partial charge in [0, 0.05) is 0 Å². The van der Waals surface area contributed by atoms with Crippen molar-refractivity contribution in [2.24, 2.45) is 0 Å². The number of benzene rings is 2. The zero-order valence-corrected chi connectivity index (χ0v) is 12.0. The summed E-state index contributed by atoms with van der Waals surface area (Å²) in [6, 6.07) is 16.8. The molecule has 2 aromatic carbocycles. The van der Waals surface area contributed by atoms with Crippen LogP contribution in [0.25, 0.3) is 0 Å². The highest BCUT2D eigenvalue weighted by molar-refractivity contribution is 5.95. The topological polar surface area (TPSA) is 40.5 Å². The SMILES string of the molecule is CC(C)(C)c1ccccc1N(C(=O)O)c1ccccc1. The summed E-state index contributed by atoms with van der Waals surface area (Å²) in [5.74, 6) is 0. The van der Waals surface area contributed by atoms with E-state index in [2.05, 4.69) is 20.8 Å². The minimum Gasteiger partial charge on any atom is -0.464 e. The molecule has 0 heterocycles. The highest BCUT2D eigenvalue weighted by Crippen LogP contribution is 2.35. The lowest BCUT2D eigenvalue weighted by Crippen LogP contribution is -2.27. The fraction of sp³-hybridized carbons (Fsp3) is 0.235. The molecule has 1 amide bonds. The minimum atomic E-state index is -0.979. The molecule has 2 aromatic rings. The first kappa shape index (κ1) is 14.1. The van der Waals surface area contributed by atoms with E-state index in [0.717, 1.165) is 5.56 Å². The Morgan fingerprint density at radius 2 is 1.50 bits per heavy atom. The Morgan fingerprint density at radius 1 is 0.950 bits per heavy atom. The van der Waals surface area contributed by atoms with Crippen molar-refractivity contribution in [2.45, 2.75) is 26.2 Å². The number of hydrogen-bond donors (Lipinski definition) is 1. The Hall–Kier alpha value is -2.29. The summed E-state index contributed by atoms with van der Waals surface area (Å²) in [6.45, 7) is 6.24. The quantitative estimate of drug-likeness (QED) is 0.850. The first-order valence-corrected chi connectivity index (χ1v) is 6.59. The van der Waals surface area contributed by atoms with Gasteiger partial charge < -0.3 is 5.11 Å². The molecule has 0 spiro atoms. The van der Waals surface area contributed by atoms with E-state index >= 15 is 0 Å². The van der Waals surface area contributed by atoms with E-state index in [1.54, 1.807) is 12.1 Å². The van der Waals surface area contributed by atoms with Gasteiger partial charge in [-0.25, -0.2) is 9.69 Å². The van der Waals surface area contributed by atoms with Crippen molar-refractivity contribution in [2.75, 3.05) is 4.90 Å². The zero-order chi connectivity index (χ0) is 14.8. The lowest BCUT2D eigenvalue weighted by molar-refractivity contribution is 0.204. The van der Waals surface area contributed by atoms with Crippen LogP contribution in [0.5, 0.6) is 0 Å². The van der Waals surface area contributed by atoms with Gasteiger partial charge in [0.25, 0.3) is 0 Å². The molecule has 20 heavy (non-hydrogen) atoms. The second-order valence-electron chi connectivity index (χ2n) is 5.72. The third-order valence-electron chi connectivity index (χ3n) is 3.16. The molecule has 1 N–H and O–H groups in total. The molecule has 0 aromatic heterocycles. The van der Waals surface area contributed by atoms with Gasteiger partial charge in [-0.2, -0.15) is 0 Å². The van der Waals surface area contributed by atoms with Crippen molar-refractivity contribution < 1.29 is 9.90 Å². The number of rotatable bonds is 2. The van der Waals surface area contributed by atoms with Gasteiger partial charge in [-0.3, -0.25) is 0 Å². The van der Waals surface area contributed by atoms with Crippen molar-refractivity contribution in [1.29, 1.82) is 0 Å². The lowest BCUT2D eigenvalue weighted by atomic mass is 9.85. The van der Waals surface area contributed by atoms with Crippen molar-refractivity contribution in [1.82, 2.24) is 0 Å². The van der Waals surface area contributed by atoms with E-state index in [1.165, 1.54) is 4.90 Å². The predicted molar refractivity (Wildman–Crippen MR) is 81.7 cm³/mol. The van der Waals surface area contributed by atoms with Crippen molar-refractivity contribution in [3.63, 3.8) is 0 Å². The second-order valence-corrected chi connectivity index (χ2v) is 5.72. The van der Waals surface area contributed by atoms with E-state index < -0.39 is 6.09 Å². The Labute approximate surface area is 119 Å². The van der Waals surface area contributed by atoms with E-state index in [1.807, 2.05) is 42.5 Å². The van der Waals surface area contributed by atoms with Crippen LogP contribution < -0.4 is 4.90 Å². The van der Waals surface area contributed by atoms with Gasteiger partial charge in [0.05, 0.1) is 11.4 Å². The predicted octanol–water partition coefficient (Wildman–Crippen LogP) is 4.80. The van der Waals surface area contributed by atoms with E-state index in [4.69, 9.17) is 0 Å². The number of anilines is 2. The smallest absolute Gasteiger partial charge is 0.416 e. The first-order chi connectivity index (χ1) is 9.41. The normalized spacial score (nSPS) is 11.2. The molecule has 104 valence electrons. The van der Waals surface area contributed by atoms with Crippen molar-refractivity contribution >= 4 is 17.5 Å². The summed E-state index contributed by atoms with van der Waals surface area (Å²) in [5, 5.41) is 9.60. The maximum Gasteiger partial charge on any atom is 0.416 e. The summed E-state index contributed by atoms with van der Waals surface area (Å²) in [4.78, 5) is 13.0. The van der Waals surface area contributed by atoms with Gasteiger partial charge in [0.15, 0.2) is 0 Å². The highest BCUT2D eigenvalue weighted by atomic mass is 16.4. The van der Waals surface area contributed by atoms with Crippen LogP contribution in [0.2, 0.25) is 0 Å². The average Bonchev–Trinajstić information content (AvgIpc) is 2.39. The standard InChI is InChI=1S/C17H19NO2/c1-17(2,3)14-11-7-8-12-15(14)18(16(19)20)13-9-5-4-6-10-13/h4-12H,1-3H3,(H,19,20). The number of para-hydroxylation sites is 2. The molecule has 0 aliphatic carbocycles. The van der Waals surface area contributed by atoms with E-state index in [0.29, 0.717) is 11.4 Å². The maximum absolute atomic E-state index is 11.7. The molecule has 2 rings (SSSR count). The maximum atomic E-state index is 11.7. The number of carbonyl (C=O) groups is 1. The fourth-order valence-electron chi connectivity index (χ4n) is 2.23. The van der Waals surface area contributed by atoms with Gasteiger partial charge >= 0.3 is 6.09 Å². The summed E-state index contributed by atoms with van der Waals surface area (Å²) in [7, 11) is 0. The third kappa shape index (κ3) is 2.82. The second kappa shape index (κ2) is 5.37. The van der Waals surface area contributed by atoms with Gasteiger partial charge in [-0.15, -0.1) is 0 Å². The molecule has 0 unspecified atom stereocenters. The largest absolute Gasteiger partial charge is 0.464 e. The monoisotopic (exact) mass is 269 g/mol. The Kier molecular flexibility index (Phi) is 3.79. The molecule has 0 saturated carbocycles. The summed E-state index contributed by atoms with van der Waals surface area (Å²) < 4.78 is 0. The van der Waals surface area contributed by atoms with Crippen LogP contribution in [0.4, 0.5) is 16.2 Å². The molecular weight excluding hydrogens is 250 g/mol. The van der Waals surface area contributed by atoms with Crippen molar-refractivity contribution in [3.8, 4) is 0 Å². The zero-order valence-electron chi connectivity index (χ0n) is 12.0. The fourth-order valence-corrected chi connectivity index (χ4v) is 2.23. The first-order valence-electron chi connectivity index (χ1n) is 6.59. The molecule has 3 nitrogen and oxygen atoms in total. The molecule has 0 bridgehead atoms. The van der Waals surface area contributed by atoms with Crippen LogP contribution in [0.15, 0.2) is 54.6 Å². The van der Waals surface area contributed by atoms with Crippen molar-refractivity contribution in [3.05, 3.63) is 60.2 Å². The van der Waals surface area contributed by atoms with Gasteiger partial charge in [-0.05, 0) is 29.2 Å². The van der Waals surface area contributed by atoms with Gasteiger partial charge in [0.1, 0.15) is 0 Å². The number of amides is 1. The van der Waals surface area contributed by atoms with Crippen LogP contribution in [-0.2, 0) is 5.41 Å². The molecule has 0 saturated heterocycles. The Morgan fingerprint density at radius 3 is 2.05 bits per heavy atom. The molecule has 0 aliphatic heterocycles. The third-order valence-corrected chi connectivity index (χ3v) is 3.16. The molecule has 0 radical (unpaired) electrons. The number of hydrogen-bond acceptors (Lipinski definition) is 1. The van der Waals surface area contributed by atoms with Crippen LogP contribution in [0, 0.1) is 0 Å². The van der Waals surface area contributed by atoms with Crippen LogP contribution in [0.3, 0.4) is 0 Å². The Bertz CT molecular complexity index is 600. The van der Waals surface area contributed by atoms with Crippen LogP contribution >= 0.6 is 0 Å². The van der Waals surface area contributed by atoms with E-state index in [9.17, 15) is 9.90 Å². The summed E-state index contributed by atoms with van der Waals surface area (Å²) in [6.07, 6.45) is -0.979.